The van der Waals surface area contributed by atoms with Gasteiger partial charge >= 0.3 is 6.85 Å². The second-order valence-corrected chi connectivity index (χ2v) is 16.3. The Morgan fingerprint density at radius 1 is 0.417 bits per heavy atom. The molecule has 0 saturated heterocycles. The van der Waals surface area contributed by atoms with Crippen LogP contribution in [-0.4, -0.2) is 6.85 Å². The third-order valence-electron chi connectivity index (χ3n) is 13.5. The summed E-state index contributed by atoms with van der Waals surface area (Å²) in [7, 11) is 0. The molecule has 0 radical (unpaired) electrons. The second-order valence-electron chi connectivity index (χ2n) is 16.3. The van der Waals surface area contributed by atoms with Gasteiger partial charge in [0.05, 0.1) is 22.5 Å². The number of anilines is 5. The molecular weight excluding hydrogens is 731 g/mol. The minimum atomic E-state index is -0.626. The summed E-state index contributed by atoms with van der Waals surface area (Å²) in [6.07, 6.45) is 0. The summed E-state index contributed by atoms with van der Waals surface area (Å²) in [5, 5.41) is 4.43. The number of rotatable bonds is 3. The molecule has 11 aromatic rings. The molecule has 0 N–H and O–H groups in total. The molecule has 2 aromatic heterocycles. The maximum Gasteiger partial charge on any atom is 0.333 e. The van der Waals surface area contributed by atoms with E-state index in [4.69, 9.17) is 8.83 Å². The lowest BCUT2D eigenvalue weighted by Gasteiger charge is -2.52. The Hall–Kier alpha value is -7.76. The molecule has 3 aliphatic rings. The molecule has 5 heterocycles. The lowest BCUT2D eigenvalue weighted by atomic mass is 9.42. The number of benzene rings is 9. The zero-order valence-electron chi connectivity index (χ0n) is 32.3. The lowest BCUT2D eigenvalue weighted by molar-refractivity contribution is 0.668. The van der Waals surface area contributed by atoms with Crippen LogP contribution in [0.15, 0.2) is 209 Å². The van der Waals surface area contributed by atoms with Gasteiger partial charge in [-0.05, 0) is 81.2 Å². The van der Waals surface area contributed by atoms with Crippen molar-refractivity contribution in [3.8, 4) is 11.1 Å². The van der Waals surface area contributed by atoms with Crippen molar-refractivity contribution in [2.45, 2.75) is 5.41 Å². The molecule has 5 heteroatoms. The van der Waals surface area contributed by atoms with Gasteiger partial charge in [-0.15, -0.1) is 0 Å². The zero-order chi connectivity index (χ0) is 39.1. The van der Waals surface area contributed by atoms with Crippen molar-refractivity contribution in [1.29, 1.82) is 0 Å². The molecule has 0 unspecified atom stereocenters. The van der Waals surface area contributed by atoms with E-state index in [-0.39, 0.29) is 6.85 Å². The van der Waals surface area contributed by atoms with Gasteiger partial charge < -0.3 is 18.5 Å². The molecule has 0 bridgehead atoms. The van der Waals surface area contributed by atoms with E-state index in [0.717, 1.165) is 72.2 Å². The summed E-state index contributed by atoms with van der Waals surface area (Å²) in [4.78, 5) is 5.11. The summed E-state index contributed by atoms with van der Waals surface area (Å²) in [5.41, 5.74) is 18.2. The van der Waals surface area contributed by atoms with Gasteiger partial charge in [-0.25, -0.2) is 0 Å². The van der Waals surface area contributed by atoms with Crippen molar-refractivity contribution < 1.29 is 8.83 Å². The number of para-hydroxylation sites is 5. The van der Waals surface area contributed by atoms with Crippen LogP contribution in [0, 0.1) is 0 Å². The fourth-order valence-corrected chi connectivity index (χ4v) is 11.2. The van der Waals surface area contributed by atoms with Gasteiger partial charge in [0, 0.05) is 38.5 Å². The van der Waals surface area contributed by atoms with E-state index in [1.807, 2.05) is 0 Å². The number of furan rings is 2. The minimum Gasteiger partial charge on any atom is -0.454 e. The summed E-state index contributed by atoms with van der Waals surface area (Å²) in [6.45, 7) is -0.234. The van der Waals surface area contributed by atoms with Crippen LogP contribution in [0.1, 0.15) is 22.3 Å². The van der Waals surface area contributed by atoms with Gasteiger partial charge in [0.2, 0.25) is 0 Å². The molecule has 0 fully saturated rings. The van der Waals surface area contributed by atoms with Crippen LogP contribution in [0.3, 0.4) is 0 Å². The third kappa shape index (κ3) is 3.92. The molecule has 0 aliphatic carbocycles. The molecule has 0 saturated carbocycles. The van der Waals surface area contributed by atoms with Gasteiger partial charge in [-0.1, -0.05) is 158 Å². The monoisotopic (exact) mass is 764 g/mol. The lowest BCUT2D eigenvalue weighted by Crippen LogP contribution is -2.62. The van der Waals surface area contributed by atoms with Crippen LogP contribution in [0.25, 0.3) is 55.0 Å². The molecule has 278 valence electrons. The van der Waals surface area contributed by atoms with E-state index in [0.29, 0.717) is 0 Å². The second kappa shape index (κ2) is 11.7. The van der Waals surface area contributed by atoms with Crippen molar-refractivity contribution >= 4 is 90.1 Å². The highest BCUT2D eigenvalue weighted by molar-refractivity contribution is 6.94. The SMILES string of the molecule is c1ccc(N2B3c4cccc5c4N(c4ccccc4C5(c4ccccc4)c4ccccc4)c4c3c(cc3c4oc4ccccc43)-c3ccc4c(oc5ccccc54)c32)cc1. The van der Waals surface area contributed by atoms with Crippen LogP contribution in [-0.2, 0) is 5.41 Å². The highest BCUT2D eigenvalue weighted by Crippen LogP contribution is 2.61. The molecule has 14 rings (SSSR count). The number of nitrogens with zero attached hydrogens (tertiary/aromatic N) is 2. The summed E-state index contributed by atoms with van der Waals surface area (Å²) in [5.74, 6) is 0. The molecule has 3 aliphatic heterocycles. The average Bonchev–Trinajstić information content (AvgIpc) is 3.89. The van der Waals surface area contributed by atoms with Gasteiger partial charge in [0.25, 0.3) is 0 Å². The molecule has 60 heavy (non-hydrogen) atoms. The fourth-order valence-electron chi connectivity index (χ4n) is 11.2. The Bertz CT molecular complexity index is 3530. The smallest absolute Gasteiger partial charge is 0.333 e. The molecule has 0 atom stereocenters. The maximum absolute atomic E-state index is 7.13. The van der Waals surface area contributed by atoms with Crippen molar-refractivity contribution in [3.63, 3.8) is 0 Å². The first-order valence-corrected chi connectivity index (χ1v) is 20.7. The Morgan fingerprint density at radius 2 is 1.00 bits per heavy atom. The fraction of sp³-hybridized carbons (Fsp3) is 0.0182. The van der Waals surface area contributed by atoms with Crippen molar-refractivity contribution in [2.75, 3.05) is 9.71 Å². The largest absolute Gasteiger partial charge is 0.454 e. The van der Waals surface area contributed by atoms with Gasteiger partial charge in [0.1, 0.15) is 11.2 Å². The molecule has 0 spiro atoms. The van der Waals surface area contributed by atoms with Crippen molar-refractivity contribution in [3.05, 3.63) is 222 Å². The number of hydrogen-bond acceptors (Lipinski definition) is 4. The highest BCUT2D eigenvalue weighted by atomic mass is 16.3. The van der Waals surface area contributed by atoms with E-state index in [1.165, 1.54) is 44.4 Å². The van der Waals surface area contributed by atoms with Gasteiger partial charge in [-0.3, -0.25) is 0 Å². The first-order chi connectivity index (χ1) is 29.8. The Kier molecular flexibility index (Phi) is 6.27. The Labute approximate surface area is 346 Å². The van der Waals surface area contributed by atoms with E-state index >= 15 is 0 Å². The molecule has 9 aromatic carbocycles. The highest BCUT2D eigenvalue weighted by Gasteiger charge is 2.54. The Balaban J connectivity index is 1.21. The summed E-state index contributed by atoms with van der Waals surface area (Å²) >= 11 is 0. The van der Waals surface area contributed by atoms with Crippen molar-refractivity contribution in [1.82, 2.24) is 0 Å². The quantitative estimate of drug-likeness (QED) is 0.168. The summed E-state index contributed by atoms with van der Waals surface area (Å²) < 4.78 is 14.1. The van der Waals surface area contributed by atoms with Crippen LogP contribution in [0.5, 0.6) is 0 Å². The molecule has 4 nitrogen and oxygen atoms in total. The normalized spacial score (nSPS) is 14.4. The van der Waals surface area contributed by atoms with E-state index in [1.54, 1.807) is 0 Å². The molecule has 0 amide bonds. The van der Waals surface area contributed by atoms with E-state index in [9.17, 15) is 0 Å². The van der Waals surface area contributed by atoms with Crippen LogP contribution in [0.4, 0.5) is 28.4 Å². The van der Waals surface area contributed by atoms with Crippen LogP contribution in [0.2, 0.25) is 0 Å². The standard InChI is InChI=1S/C55H33BN2O2/c1-4-17-34(18-5-1)55(35-19-6-2-7-20-35)43-25-12-13-28-46(43)57-51-44(55)26-16-27-45(51)56-49-41(33-42-38-24-11-15-30-48(38)60-54(42)52(49)57)39-31-32-40-37-23-10-14-29-47(37)59-53(40)50(39)58(56)36-21-8-3-9-22-36/h1-33H. The summed E-state index contributed by atoms with van der Waals surface area (Å²) in [6, 6.07) is 73.0. The van der Waals surface area contributed by atoms with E-state index in [2.05, 4.69) is 210 Å². The van der Waals surface area contributed by atoms with Crippen LogP contribution >= 0.6 is 0 Å². The first-order valence-electron chi connectivity index (χ1n) is 20.7. The topological polar surface area (TPSA) is 32.8 Å². The average molecular weight is 765 g/mol. The predicted molar refractivity (Wildman–Crippen MR) is 247 cm³/mol. The zero-order valence-corrected chi connectivity index (χ0v) is 32.3. The number of fused-ring (bicyclic) bond motifs is 14. The Morgan fingerprint density at radius 3 is 1.72 bits per heavy atom. The minimum absolute atomic E-state index is 0.234. The van der Waals surface area contributed by atoms with E-state index < -0.39 is 5.41 Å². The third-order valence-corrected chi connectivity index (χ3v) is 13.5. The van der Waals surface area contributed by atoms with Gasteiger partial charge in [-0.2, -0.15) is 0 Å². The number of hydrogen-bond donors (Lipinski definition) is 0. The van der Waals surface area contributed by atoms with Crippen LogP contribution < -0.4 is 20.6 Å². The van der Waals surface area contributed by atoms with Gasteiger partial charge in [0.15, 0.2) is 11.2 Å². The van der Waals surface area contributed by atoms with Crippen molar-refractivity contribution in [2.24, 2.45) is 0 Å². The maximum atomic E-state index is 7.13. The predicted octanol–water partition coefficient (Wildman–Crippen LogP) is 12.9. The molecular formula is C55H33BN2O2. The first kappa shape index (κ1) is 32.2.